The van der Waals surface area contributed by atoms with Gasteiger partial charge in [0.1, 0.15) is 5.71 Å². The second-order valence-electron chi connectivity index (χ2n) is 7.22. The Labute approximate surface area is 183 Å². The lowest BCUT2D eigenvalue weighted by molar-refractivity contribution is 0.224. The minimum Gasteiger partial charge on any atom is -0.317 e. The van der Waals surface area contributed by atoms with Gasteiger partial charge in [0, 0.05) is 34.1 Å². The van der Waals surface area contributed by atoms with E-state index in [1.54, 1.807) is 6.20 Å². The lowest BCUT2D eigenvalue weighted by atomic mass is 10.1. The number of piperidine rings is 1. The van der Waals surface area contributed by atoms with E-state index < -0.39 is 6.43 Å². The van der Waals surface area contributed by atoms with Gasteiger partial charge in [-0.05, 0) is 68.2 Å². The monoisotopic (exact) mass is 449 g/mol. The molecule has 1 aromatic heterocycles. The number of aromatic nitrogens is 1. The molecule has 0 radical (unpaired) electrons. The number of halogens is 3. The molecular weight excluding hydrogens is 428 g/mol. The fourth-order valence-corrected chi connectivity index (χ4v) is 4.82. The molecule has 4 rings (SSSR count). The molecular formula is C21H22ClF2N5S. The van der Waals surface area contributed by atoms with E-state index in [2.05, 4.69) is 24.8 Å². The topological polar surface area (TPSA) is 52.9 Å². The summed E-state index contributed by atoms with van der Waals surface area (Å²) in [5, 5.41) is 12.1. The number of rotatable bonds is 7. The Bertz CT molecular complexity index is 929. The van der Waals surface area contributed by atoms with E-state index in [9.17, 15) is 8.78 Å². The lowest BCUT2D eigenvalue weighted by Gasteiger charge is -2.30. The fraction of sp³-hybridized carbons (Fsp3) is 0.381. The third kappa shape index (κ3) is 5.36. The number of pyridine rings is 1. The van der Waals surface area contributed by atoms with Crippen LogP contribution in [0.4, 0.5) is 14.5 Å². The van der Waals surface area contributed by atoms with Gasteiger partial charge in [-0.2, -0.15) is 10.2 Å². The Hall–Kier alpha value is -2.03. The van der Waals surface area contributed by atoms with Gasteiger partial charge in [-0.1, -0.05) is 17.7 Å². The van der Waals surface area contributed by atoms with Crippen LogP contribution in [0.3, 0.4) is 0 Å². The number of hydrogen-bond acceptors (Lipinski definition) is 6. The molecule has 1 saturated heterocycles. The third-order valence-electron chi connectivity index (χ3n) is 5.02. The number of anilines is 1. The Morgan fingerprint density at radius 2 is 2.00 bits per heavy atom. The molecule has 1 fully saturated rings. The minimum absolute atomic E-state index is 0.0684. The maximum atomic E-state index is 12.8. The summed E-state index contributed by atoms with van der Waals surface area (Å²) in [5.74, 6) is 0. The van der Waals surface area contributed by atoms with Gasteiger partial charge in [-0.15, -0.1) is 0 Å². The average Bonchev–Trinajstić information content (AvgIpc) is 3.25. The SMILES string of the molecule is FC(F)C1=NN=C(c2ccc(CN(SC3CCNCC3)c3cccc(Cl)c3)nc2)C1. The maximum absolute atomic E-state index is 12.8. The average molecular weight is 450 g/mol. The second kappa shape index (κ2) is 9.85. The second-order valence-corrected chi connectivity index (χ2v) is 8.98. The highest BCUT2D eigenvalue weighted by Gasteiger charge is 2.23. The molecule has 0 aliphatic carbocycles. The van der Waals surface area contributed by atoms with Gasteiger partial charge in [-0.25, -0.2) is 8.78 Å². The first kappa shape index (κ1) is 21.2. The van der Waals surface area contributed by atoms with Crippen molar-refractivity contribution in [1.29, 1.82) is 0 Å². The molecule has 158 valence electrons. The molecule has 2 aromatic rings. The van der Waals surface area contributed by atoms with Crippen LogP contribution in [0, 0.1) is 0 Å². The van der Waals surface area contributed by atoms with Crippen LogP contribution < -0.4 is 9.62 Å². The zero-order chi connectivity index (χ0) is 20.9. The molecule has 1 aromatic carbocycles. The van der Waals surface area contributed by atoms with Crippen molar-refractivity contribution in [3.05, 3.63) is 58.9 Å². The summed E-state index contributed by atoms with van der Waals surface area (Å²) in [5.41, 5.74) is 2.97. The summed E-state index contributed by atoms with van der Waals surface area (Å²) in [6.45, 7) is 2.66. The molecule has 2 aliphatic heterocycles. The summed E-state index contributed by atoms with van der Waals surface area (Å²) in [7, 11) is 0. The van der Waals surface area contributed by atoms with E-state index in [1.807, 2.05) is 48.3 Å². The van der Waals surface area contributed by atoms with Gasteiger partial charge in [0.05, 0.1) is 18.0 Å². The molecule has 0 amide bonds. The summed E-state index contributed by atoms with van der Waals surface area (Å²) >= 11 is 8.05. The number of nitrogens with one attached hydrogen (secondary N) is 1. The van der Waals surface area contributed by atoms with Crippen molar-refractivity contribution in [2.45, 2.75) is 37.5 Å². The predicted octanol–water partition coefficient (Wildman–Crippen LogP) is 4.96. The van der Waals surface area contributed by atoms with Crippen LogP contribution in [-0.4, -0.2) is 41.2 Å². The first-order valence-electron chi connectivity index (χ1n) is 9.86. The largest absolute Gasteiger partial charge is 0.317 e. The van der Waals surface area contributed by atoms with Crippen LogP contribution in [0.15, 0.2) is 52.8 Å². The number of hydrogen-bond donors (Lipinski definition) is 1. The molecule has 0 unspecified atom stereocenters. The maximum Gasteiger partial charge on any atom is 0.278 e. The van der Waals surface area contributed by atoms with Gasteiger partial charge in [0.15, 0.2) is 0 Å². The summed E-state index contributed by atoms with van der Waals surface area (Å²) < 4.78 is 27.8. The van der Waals surface area contributed by atoms with Crippen molar-refractivity contribution in [3.63, 3.8) is 0 Å². The lowest BCUT2D eigenvalue weighted by Crippen LogP contribution is -2.31. The van der Waals surface area contributed by atoms with Crippen molar-refractivity contribution in [2.75, 3.05) is 17.4 Å². The molecule has 3 heterocycles. The number of alkyl halides is 2. The molecule has 1 N–H and O–H groups in total. The Balaban J connectivity index is 1.47. The molecule has 9 heteroatoms. The highest BCUT2D eigenvalue weighted by molar-refractivity contribution is 8.01. The van der Waals surface area contributed by atoms with E-state index in [-0.39, 0.29) is 12.1 Å². The van der Waals surface area contributed by atoms with Gasteiger partial charge >= 0.3 is 0 Å². The van der Waals surface area contributed by atoms with E-state index in [4.69, 9.17) is 11.6 Å². The highest BCUT2D eigenvalue weighted by atomic mass is 35.5. The van der Waals surface area contributed by atoms with Gasteiger partial charge in [0.2, 0.25) is 0 Å². The summed E-state index contributed by atoms with van der Waals surface area (Å²) in [6, 6.07) is 11.6. The molecule has 0 bridgehead atoms. The molecule has 0 spiro atoms. The molecule has 30 heavy (non-hydrogen) atoms. The van der Waals surface area contributed by atoms with Crippen molar-refractivity contribution >= 4 is 40.7 Å². The standard InChI is InChI=1S/C21H22ClF2N5S/c22-15-2-1-3-17(10-15)29(30-18-6-8-25-9-7-18)13-16-5-4-14(12-26-16)19-11-20(21(23)24)28-27-19/h1-5,10,12,18,21,25H,6-9,11,13H2. The third-order valence-corrected chi connectivity index (χ3v) is 6.62. The molecule has 0 atom stereocenters. The first-order chi connectivity index (χ1) is 14.6. The van der Waals surface area contributed by atoms with Crippen LogP contribution in [0.1, 0.15) is 30.5 Å². The van der Waals surface area contributed by atoms with Gasteiger partial charge < -0.3 is 9.62 Å². The van der Waals surface area contributed by atoms with Crippen LogP contribution in [0.5, 0.6) is 0 Å². The quantitative estimate of drug-likeness (QED) is 0.607. The first-order valence-corrected chi connectivity index (χ1v) is 11.1. The van der Waals surface area contributed by atoms with E-state index in [0.29, 0.717) is 22.5 Å². The van der Waals surface area contributed by atoms with Crippen molar-refractivity contribution in [2.24, 2.45) is 10.2 Å². The number of benzene rings is 1. The van der Waals surface area contributed by atoms with Gasteiger partial charge in [0.25, 0.3) is 6.43 Å². The Kier molecular flexibility index (Phi) is 6.97. The van der Waals surface area contributed by atoms with Crippen molar-refractivity contribution in [1.82, 2.24) is 10.3 Å². The predicted molar refractivity (Wildman–Crippen MR) is 120 cm³/mol. The minimum atomic E-state index is -2.57. The van der Waals surface area contributed by atoms with Crippen molar-refractivity contribution < 1.29 is 8.78 Å². The Morgan fingerprint density at radius 3 is 2.67 bits per heavy atom. The van der Waals surface area contributed by atoms with Crippen LogP contribution >= 0.6 is 23.5 Å². The summed E-state index contributed by atoms with van der Waals surface area (Å²) in [6.07, 6.45) is 1.40. The van der Waals surface area contributed by atoms with E-state index >= 15 is 0 Å². The molecule has 5 nitrogen and oxygen atoms in total. The smallest absolute Gasteiger partial charge is 0.278 e. The van der Waals surface area contributed by atoms with E-state index in [0.717, 1.165) is 42.9 Å². The number of nitrogens with zero attached hydrogens (tertiary/aromatic N) is 4. The normalized spacial score (nSPS) is 17.2. The molecule has 2 aliphatic rings. The zero-order valence-corrected chi connectivity index (χ0v) is 17.8. The highest BCUT2D eigenvalue weighted by Crippen LogP contribution is 2.32. The van der Waals surface area contributed by atoms with E-state index in [1.165, 1.54) is 0 Å². The summed E-state index contributed by atoms with van der Waals surface area (Å²) in [4.78, 5) is 4.55. The van der Waals surface area contributed by atoms with Crippen LogP contribution in [-0.2, 0) is 6.54 Å². The van der Waals surface area contributed by atoms with Crippen molar-refractivity contribution in [3.8, 4) is 0 Å². The fourth-order valence-electron chi connectivity index (χ4n) is 3.38. The van der Waals surface area contributed by atoms with Crippen LogP contribution in [0.2, 0.25) is 5.02 Å². The Morgan fingerprint density at radius 1 is 1.17 bits per heavy atom. The van der Waals surface area contributed by atoms with Gasteiger partial charge in [-0.3, -0.25) is 4.98 Å². The molecule has 0 saturated carbocycles. The van der Waals surface area contributed by atoms with Crippen LogP contribution in [0.25, 0.3) is 0 Å². The zero-order valence-electron chi connectivity index (χ0n) is 16.3.